The van der Waals surface area contributed by atoms with Crippen LogP contribution in [0, 0.1) is 0 Å². The average molecular weight is 360 g/mol. The number of carbonyl (C=O) groups excluding carboxylic acids is 1. The summed E-state index contributed by atoms with van der Waals surface area (Å²) >= 11 is 0. The van der Waals surface area contributed by atoms with Gasteiger partial charge in [-0.3, -0.25) is 4.79 Å². The van der Waals surface area contributed by atoms with Gasteiger partial charge in [-0.2, -0.15) is 0 Å². The Bertz CT molecular complexity index is 620. The van der Waals surface area contributed by atoms with Gasteiger partial charge >= 0.3 is 0 Å². The number of carbonyl (C=O) groups is 1. The van der Waals surface area contributed by atoms with Crippen molar-refractivity contribution >= 4 is 5.91 Å². The number of ether oxygens (including phenoxy) is 1. The molecule has 3 N–H and O–H groups in total. The molecule has 1 amide bonds. The Morgan fingerprint density at radius 1 is 1.08 bits per heavy atom. The number of fused-ring (bicyclic) bond motifs is 1. The number of hydrogen-bond acceptors (Lipinski definition) is 2. The van der Waals surface area contributed by atoms with Gasteiger partial charge in [-0.25, -0.2) is 0 Å². The van der Waals surface area contributed by atoms with Crippen molar-refractivity contribution in [2.24, 2.45) is 0 Å². The normalized spacial score (nSPS) is 26.2. The second-order valence-electron chi connectivity index (χ2n) is 8.30. The van der Waals surface area contributed by atoms with E-state index in [1.165, 1.54) is 48.1 Å². The Labute approximate surface area is 156 Å². The van der Waals surface area contributed by atoms with Gasteiger partial charge in [0.2, 0.25) is 0 Å². The summed E-state index contributed by atoms with van der Waals surface area (Å²) in [6.45, 7) is 7.08. The Hall–Kier alpha value is -1.59. The molecular formula is C21H33N3O2+2. The summed E-state index contributed by atoms with van der Waals surface area (Å²) in [6.07, 6.45) is 7.27. The van der Waals surface area contributed by atoms with Gasteiger partial charge in [0.25, 0.3) is 5.91 Å². The highest BCUT2D eigenvalue weighted by atomic mass is 16.5. The largest absolute Gasteiger partial charge is 0.493 e. The van der Waals surface area contributed by atoms with Gasteiger partial charge in [0.1, 0.15) is 38.5 Å². The molecule has 1 aromatic rings. The summed E-state index contributed by atoms with van der Waals surface area (Å²) in [5.74, 6) is 1.33. The lowest BCUT2D eigenvalue weighted by Crippen LogP contribution is -3.28. The molecule has 2 aliphatic heterocycles. The molecule has 4 rings (SSSR count). The first-order valence-electron chi connectivity index (χ1n) is 10.5. The van der Waals surface area contributed by atoms with Crippen LogP contribution in [0.25, 0.3) is 0 Å². The first kappa shape index (κ1) is 17.8. The van der Waals surface area contributed by atoms with E-state index in [4.69, 9.17) is 4.74 Å². The highest BCUT2D eigenvalue weighted by Gasteiger charge is 2.26. The van der Waals surface area contributed by atoms with Gasteiger partial charge in [-0.1, -0.05) is 19.3 Å². The fraction of sp³-hybridized carbons (Fsp3) is 0.667. The fourth-order valence-electron chi connectivity index (χ4n) is 4.70. The summed E-state index contributed by atoms with van der Waals surface area (Å²) in [6, 6.07) is 7.11. The molecule has 0 unspecified atom stereocenters. The Kier molecular flexibility index (Phi) is 5.75. The van der Waals surface area contributed by atoms with Gasteiger partial charge in [0.05, 0.1) is 6.61 Å². The third kappa shape index (κ3) is 4.57. The standard InChI is InChI=1S/C21H31N3O2/c25-21(22-19-4-2-1-3-5-19)16-24-11-9-23(10-12-24)15-17-6-7-20-18(14-17)8-13-26-20/h6-7,14,19H,1-5,8-13,15-16H2,(H,22,25)/p+2. The monoisotopic (exact) mass is 359 g/mol. The minimum Gasteiger partial charge on any atom is -0.493 e. The number of benzene rings is 1. The first-order valence-corrected chi connectivity index (χ1v) is 10.5. The van der Waals surface area contributed by atoms with E-state index >= 15 is 0 Å². The molecule has 26 heavy (non-hydrogen) atoms. The molecule has 0 bridgehead atoms. The van der Waals surface area contributed by atoms with Crippen LogP contribution in [0.2, 0.25) is 0 Å². The lowest BCUT2D eigenvalue weighted by atomic mass is 9.95. The Balaban J connectivity index is 1.19. The zero-order valence-electron chi connectivity index (χ0n) is 15.8. The van der Waals surface area contributed by atoms with E-state index < -0.39 is 0 Å². The van der Waals surface area contributed by atoms with Crippen molar-refractivity contribution in [3.05, 3.63) is 29.3 Å². The molecule has 1 aliphatic carbocycles. The SMILES string of the molecule is O=C(C[NH+]1CC[NH+](Cc2ccc3c(c2)CCO3)CC1)NC1CCCCC1. The molecule has 2 heterocycles. The van der Waals surface area contributed by atoms with Crippen molar-refractivity contribution in [3.8, 4) is 5.75 Å². The molecule has 142 valence electrons. The molecule has 0 aromatic heterocycles. The summed E-state index contributed by atoms with van der Waals surface area (Å²) in [7, 11) is 0. The van der Waals surface area contributed by atoms with E-state index in [1.54, 1.807) is 4.90 Å². The van der Waals surface area contributed by atoms with E-state index in [1.807, 2.05) is 0 Å². The number of nitrogens with one attached hydrogen (secondary N) is 3. The number of rotatable bonds is 5. The quantitative estimate of drug-likeness (QED) is 0.655. The molecule has 5 nitrogen and oxygen atoms in total. The Morgan fingerprint density at radius 3 is 2.65 bits per heavy atom. The second-order valence-corrected chi connectivity index (χ2v) is 8.30. The molecule has 0 radical (unpaired) electrons. The maximum absolute atomic E-state index is 12.3. The minimum atomic E-state index is 0.258. The smallest absolute Gasteiger partial charge is 0.275 e. The third-order valence-electron chi connectivity index (χ3n) is 6.25. The maximum Gasteiger partial charge on any atom is 0.275 e. The minimum absolute atomic E-state index is 0.258. The highest BCUT2D eigenvalue weighted by molar-refractivity contribution is 5.77. The third-order valence-corrected chi connectivity index (χ3v) is 6.25. The lowest BCUT2D eigenvalue weighted by molar-refractivity contribution is -1.02. The van der Waals surface area contributed by atoms with Gasteiger partial charge < -0.3 is 19.9 Å². The number of hydrogen-bond donors (Lipinski definition) is 3. The average Bonchev–Trinajstić information content (AvgIpc) is 3.12. The number of amides is 1. The molecule has 0 atom stereocenters. The summed E-state index contributed by atoms with van der Waals surface area (Å²) in [5, 5.41) is 3.26. The Morgan fingerprint density at radius 2 is 1.85 bits per heavy atom. The van der Waals surface area contributed by atoms with Crippen molar-refractivity contribution in [3.63, 3.8) is 0 Å². The van der Waals surface area contributed by atoms with Crippen molar-refractivity contribution in [1.29, 1.82) is 0 Å². The van der Waals surface area contributed by atoms with Crippen molar-refractivity contribution in [2.75, 3.05) is 39.3 Å². The molecule has 2 fully saturated rings. The van der Waals surface area contributed by atoms with E-state index in [-0.39, 0.29) is 5.91 Å². The second kappa shape index (κ2) is 8.40. The zero-order valence-corrected chi connectivity index (χ0v) is 15.8. The van der Waals surface area contributed by atoms with Crippen LogP contribution in [0.15, 0.2) is 18.2 Å². The van der Waals surface area contributed by atoms with Crippen LogP contribution in [-0.4, -0.2) is 51.3 Å². The van der Waals surface area contributed by atoms with Crippen LogP contribution in [0.5, 0.6) is 5.75 Å². The summed E-state index contributed by atoms with van der Waals surface area (Å²) in [5.41, 5.74) is 2.79. The topological polar surface area (TPSA) is 47.2 Å². The van der Waals surface area contributed by atoms with E-state index in [9.17, 15) is 4.79 Å². The number of quaternary nitrogens is 2. The molecular weight excluding hydrogens is 326 g/mol. The fourth-order valence-corrected chi connectivity index (χ4v) is 4.70. The first-order chi connectivity index (χ1) is 12.8. The maximum atomic E-state index is 12.3. The van der Waals surface area contributed by atoms with Gasteiger partial charge in [-0.15, -0.1) is 0 Å². The number of piperazine rings is 1. The van der Waals surface area contributed by atoms with Crippen molar-refractivity contribution in [2.45, 2.75) is 51.1 Å². The van der Waals surface area contributed by atoms with Crippen LogP contribution in [0.3, 0.4) is 0 Å². The molecule has 1 aromatic carbocycles. The van der Waals surface area contributed by atoms with Crippen molar-refractivity contribution in [1.82, 2.24) is 5.32 Å². The molecule has 1 saturated heterocycles. The molecule has 5 heteroatoms. The van der Waals surface area contributed by atoms with Gasteiger partial charge in [0, 0.05) is 18.0 Å². The van der Waals surface area contributed by atoms with Crippen LogP contribution in [-0.2, 0) is 17.8 Å². The van der Waals surface area contributed by atoms with Crippen LogP contribution in [0.1, 0.15) is 43.2 Å². The summed E-state index contributed by atoms with van der Waals surface area (Å²) in [4.78, 5) is 15.4. The van der Waals surface area contributed by atoms with Crippen LogP contribution in [0.4, 0.5) is 0 Å². The van der Waals surface area contributed by atoms with Gasteiger partial charge in [-0.05, 0) is 36.6 Å². The van der Waals surface area contributed by atoms with Crippen LogP contribution < -0.4 is 19.9 Å². The van der Waals surface area contributed by atoms with E-state index in [0.717, 1.165) is 51.5 Å². The predicted octanol–water partition coefficient (Wildman–Crippen LogP) is -0.646. The van der Waals surface area contributed by atoms with E-state index in [2.05, 4.69) is 23.5 Å². The van der Waals surface area contributed by atoms with Crippen LogP contribution >= 0.6 is 0 Å². The summed E-state index contributed by atoms with van der Waals surface area (Å²) < 4.78 is 5.60. The molecule has 0 spiro atoms. The lowest BCUT2D eigenvalue weighted by Gasteiger charge is -2.30. The van der Waals surface area contributed by atoms with Gasteiger partial charge in [0.15, 0.2) is 6.54 Å². The van der Waals surface area contributed by atoms with Crippen molar-refractivity contribution < 1.29 is 19.3 Å². The van der Waals surface area contributed by atoms with E-state index in [0.29, 0.717) is 12.6 Å². The molecule has 1 saturated carbocycles. The molecule has 3 aliphatic rings. The zero-order chi connectivity index (χ0) is 17.8. The highest BCUT2D eigenvalue weighted by Crippen LogP contribution is 2.25. The predicted molar refractivity (Wildman–Crippen MR) is 101 cm³/mol.